The highest BCUT2D eigenvalue weighted by Gasteiger charge is 2.25. The summed E-state index contributed by atoms with van der Waals surface area (Å²) in [5.41, 5.74) is 9.68. The monoisotopic (exact) mass is 213 g/mol. The number of nitrogens with zero attached hydrogens (tertiary/aromatic N) is 1. The van der Waals surface area contributed by atoms with Crippen molar-refractivity contribution in [3.8, 4) is 0 Å². The summed E-state index contributed by atoms with van der Waals surface area (Å²) >= 11 is 0. The van der Waals surface area contributed by atoms with Gasteiger partial charge < -0.3 is 16.6 Å². The second kappa shape index (κ2) is 6.19. The largest absolute Gasteiger partial charge is 0.480 e. The molecule has 0 saturated heterocycles. The van der Waals surface area contributed by atoms with Crippen molar-refractivity contribution >= 4 is 11.8 Å². The summed E-state index contributed by atoms with van der Waals surface area (Å²) in [6, 6.07) is 0. The summed E-state index contributed by atoms with van der Waals surface area (Å²) in [5.74, 6) is -0.444. The molecule has 0 aliphatic heterocycles. The first-order valence-corrected chi connectivity index (χ1v) is 4.80. The van der Waals surface area contributed by atoms with Crippen LogP contribution in [0.15, 0.2) is 17.1 Å². The molecule has 0 saturated carbocycles. The van der Waals surface area contributed by atoms with Gasteiger partial charge in [0.25, 0.3) is 0 Å². The van der Waals surface area contributed by atoms with E-state index in [4.69, 9.17) is 16.6 Å². The number of carbonyl (C=O) groups is 1. The van der Waals surface area contributed by atoms with Crippen molar-refractivity contribution in [3.05, 3.63) is 12.2 Å². The SMILES string of the molecule is CC(N)=NCCC=CC[C@](C)(N)C(=O)O. The van der Waals surface area contributed by atoms with Crippen molar-refractivity contribution in [1.82, 2.24) is 0 Å². The van der Waals surface area contributed by atoms with E-state index in [1.807, 2.05) is 6.08 Å². The quantitative estimate of drug-likeness (QED) is 0.259. The van der Waals surface area contributed by atoms with Gasteiger partial charge in [-0.05, 0) is 26.7 Å². The van der Waals surface area contributed by atoms with E-state index in [2.05, 4.69) is 4.99 Å². The first-order chi connectivity index (χ1) is 6.86. The molecule has 0 aromatic heterocycles. The van der Waals surface area contributed by atoms with Crippen LogP contribution in [-0.2, 0) is 4.79 Å². The molecule has 0 bridgehead atoms. The lowest BCUT2D eigenvalue weighted by Crippen LogP contribution is -2.44. The van der Waals surface area contributed by atoms with Gasteiger partial charge in [-0.15, -0.1) is 0 Å². The van der Waals surface area contributed by atoms with Gasteiger partial charge in [0, 0.05) is 6.54 Å². The van der Waals surface area contributed by atoms with Crippen LogP contribution in [0.5, 0.6) is 0 Å². The van der Waals surface area contributed by atoms with Crippen LogP contribution in [0.2, 0.25) is 0 Å². The van der Waals surface area contributed by atoms with E-state index in [1.54, 1.807) is 13.0 Å². The fourth-order valence-corrected chi connectivity index (χ4v) is 0.849. The van der Waals surface area contributed by atoms with E-state index in [0.29, 0.717) is 18.8 Å². The second-order valence-electron chi connectivity index (χ2n) is 3.71. The maximum atomic E-state index is 10.6. The normalized spacial score (nSPS) is 16.6. The van der Waals surface area contributed by atoms with Crippen molar-refractivity contribution in [2.45, 2.75) is 32.2 Å². The Bertz CT molecular complexity index is 266. The molecule has 0 heterocycles. The lowest BCUT2D eigenvalue weighted by molar-refractivity contribution is -0.142. The van der Waals surface area contributed by atoms with Crippen LogP contribution >= 0.6 is 0 Å². The van der Waals surface area contributed by atoms with E-state index in [-0.39, 0.29) is 0 Å². The first-order valence-electron chi connectivity index (χ1n) is 4.80. The molecule has 0 fully saturated rings. The zero-order chi connectivity index (χ0) is 11.9. The van der Waals surface area contributed by atoms with Crippen LogP contribution in [0.3, 0.4) is 0 Å². The number of nitrogens with two attached hydrogens (primary N) is 2. The summed E-state index contributed by atoms with van der Waals surface area (Å²) < 4.78 is 0. The Kier molecular flexibility index (Phi) is 5.62. The predicted molar refractivity (Wildman–Crippen MR) is 60.8 cm³/mol. The fraction of sp³-hybridized carbons (Fsp3) is 0.600. The van der Waals surface area contributed by atoms with E-state index in [9.17, 15) is 4.79 Å². The lowest BCUT2D eigenvalue weighted by Gasteiger charge is -2.15. The van der Waals surface area contributed by atoms with Gasteiger partial charge in [-0.1, -0.05) is 12.2 Å². The number of carboxylic acid groups (broad SMARTS) is 1. The molecule has 5 N–H and O–H groups in total. The van der Waals surface area contributed by atoms with Crippen LogP contribution in [-0.4, -0.2) is 29.0 Å². The van der Waals surface area contributed by atoms with Crippen molar-refractivity contribution in [2.75, 3.05) is 6.54 Å². The summed E-state index contributed by atoms with van der Waals surface area (Å²) in [6.07, 6.45) is 4.67. The van der Waals surface area contributed by atoms with Crippen molar-refractivity contribution in [2.24, 2.45) is 16.5 Å². The van der Waals surface area contributed by atoms with Crippen molar-refractivity contribution in [1.29, 1.82) is 0 Å². The molecular formula is C10H19N3O2. The Morgan fingerprint density at radius 2 is 2.13 bits per heavy atom. The third kappa shape index (κ3) is 6.68. The predicted octanol–water partition coefficient (Wildman–Crippen LogP) is 0.502. The molecule has 5 heteroatoms. The van der Waals surface area contributed by atoms with E-state index in [1.165, 1.54) is 6.92 Å². The van der Waals surface area contributed by atoms with Crippen LogP contribution in [0.4, 0.5) is 0 Å². The zero-order valence-corrected chi connectivity index (χ0v) is 9.23. The van der Waals surface area contributed by atoms with Gasteiger partial charge in [-0.25, -0.2) is 0 Å². The molecule has 0 rings (SSSR count). The molecule has 0 spiro atoms. The maximum absolute atomic E-state index is 10.6. The first kappa shape index (κ1) is 13.6. The topological polar surface area (TPSA) is 102 Å². The molecular weight excluding hydrogens is 194 g/mol. The van der Waals surface area contributed by atoms with Gasteiger partial charge in [-0.2, -0.15) is 0 Å². The average Bonchev–Trinajstić information content (AvgIpc) is 2.10. The van der Waals surface area contributed by atoms with Gasteiger partial charge in [0.15, 0.2) is 0 Å². The molecule has 0 unspecified atom stereocenters. The number of hydrogen-bond donors (Lipinski definition) is 3. The Morgan fingerprint density at radius 3 is 2.60 bits per heavy atom. The maximum Gasteiger partial charge on any atom is 0.323 e. The molecule has 15 heavy (non-hydrogen) atoms. The number of hydrogen-bond acceptors (Lipinski definition) is 3. The minimum atomic E-state index is -1.19. The summed E-state index contributed by atoms with van der Waals surface area (Å²) in [6.45, 7) is 3.83. The number of carboxylic acids is 1. The van der Waals surface area contributed by atoms with E-state index >= 15 is 0 Å². The van der Waals surface area contributed by atoms with Gasteiger partial charge >= 0.3 is 5.97 Å². The summed E-state index contributed by atoms with van der Waals surface area (Å²) in [5, 5.41) is 8.72. The van der Waals surface area contributed by atoms with Gasteiger partial charge in [0.1, 0.15) is 5.54 Å². The number of aliphatic imine (C=N–C) groups is 1. The number of aliphatic carboxylic acids is 1. The van der Waals surface area contributed by atoms with Crippen LogP contribution in [0, 0.1) is 0 Å². The zero-order valence-electron chi connectivity index (χ0n) is 9.23. The average molecular weight is 213 g/mol. The Hall–Kier alpha value is -1.36. The lowest BCUT2D eigenvalue weighted by atomic mass is 9.99. The highest BCUT2D eigenvalue weighted by atomic mass is 16.4. The summed E-state index contributed by atoms with van der Waals surface area (Å²) in [4.78, 5) is 14.6. The second-order valence-corrected chi connectivity index (χ2v) is 3.71. The van der Waals surface area contributed by atoms with Gasteiger partial charge in [0.2, 0.25) is 0 Å². The van der Waals surface area contributed by atoms with E-state index in [0.717, 1.165) is 6.42 Å². The highest BCUT2D eigenvalue weighted by Crippen LogP contribution is 2.06. The Morgan fingerprint density at radius 1 is 1.53 bits per heavy atom. The van der Waals surface area contributed by atoms with E-state index < -0.39 is 11.5 Å². The Labute approximate surface area is 89.9 Å². The molecule has 0 radical (unpaired) electrons. The highest BCUT2D eigenvalue weighted by molar-refractivity contribution is 5.78. The van der Waals surface area contributed by atoms with Gasteiger partial charge in [-0.3, -0.25) is 9.79 Å². The standard InChI is InChI=1S/C10H19N3O2/c1-8(11)13-7-5-3-4-6-10(2,12)9(14)15/h3-4H,5-7,12H2,1-2H3,(H2,11,13)(H,14,15)/t10-/m0/s1. The smallest absolute Gasteiger partial charge is 0.323 e. The van der Waals surface area contributed by atoms with Gasteiger partial charge in [0.05, 0.1) is 5.84 Å². The minimum Gasteiger partial charge on any atom is -0.480 e. The molecule has 86 valence electrons. The molecule has 1 atom stereocenters. The number of rotatable bonds is 6. The Balaban J connectivity index is 3.81. The number of amidine groups is 1. The van der Waals surface area contributed by atoms with Crippen molar-refractivity contribution < 1.29 is 9.90 Å². The summed E-state index contributed by atoms with van der Waals surface area (Å²) in [7, 11) is 0. The van der Waals surface area contributed by atoms with Crippen molar-refractivity contribution in [3.63, 3.8) is 0 Å². The third-order valence-corrected chi connectivity index (χ3v) is 1.85. The molecule has 0 aliphatic carbocycles. The molecule has 5 nitrogen and oxygen atoms in total. The molecule has 0 aromatic rings. The minimum absolute atomic E-state index is 0.313. The molecule has 0 aromatic carbocycles. The molecule has 0 amide bonds. The van der Waals surface area contributed by atoms with Crippen LogP contribution in [0.1, 0.15) is 26.7 Å². The van der Waals surface area contributed by atoms with Crippen LogP contribution in [0.25, 0.3) is 0 Å². The molecule has 0 aliphatic rings. The third-order valence-electron chi connectivity index (χ3n) is 1.85. The van der Waals surface area contributed by atoms with Crippen LogP contribution < -0.4 is 11.5 Å². The fourth-order valence-electron chi connectivity index (χ4n) is 0.849.